The van der Waals surface area contributed by atoms with Gasteiger partial charge in [-0.3, -0.25) is 4.79 Å². The molecule has 1 aromatic rings. The van der Waals surface area contributed by atoms with Crippen LogP contribution in [-0.4, -0.2) is 25.6 Å². The zero-order valence-electron chi connectivity index (χ0n) is 8.24. The Balaban J connectivity index is 2.48. The number of carbonyl (C=O) groups excluding carboxylic acids is 1. The predicted octanol–water partition coefficient (Wildman–Crippen LogP) is 1.02. The number of halogens is 1. The monoisotopic (exact) mass is 226 g/mol. The Morgan fingerprint density at radius 3 is 3.07 bits per heavy atom. The molecule has 0 saturated carbocycles. The number of likely N-dealkylation sites (N-methyl/N-ethyl adjacent to an activating group) is 1. The summed E-state index contributed by atoms with van der Waals surface area (Å²) in [4.78, 5) is 13.2. The van der Waals surface area contributed by atoms with Gasteiger partial charge in [0.05, 0.1) is 5.69 Å². The molecule has 1 heterocycles. The van der Waals surface area contributed by atoms with Gasteiger partial charge in [0.25, 0.3) is 0 Å². The van der Waals surface area contributed by atoms with Crippen LogP contribution >= 0.6 is 11.6 Å². The molecular formula is C10H11ClN2O2. The van der Waals surface area contributed by atoms with E-state index in [-0.39, 0.29) is 12.5 Å². The van der Waals surface area contributed by atoms with Gasteiger partial charge < -0.3 is 15.4 Å². The maximum atomic E-state index is 11.7. The number of hydrogen-bond acceptors (Lipinski definition) is 3. The summed E-state index contributed by atoms with van der Waals surface area (Å²) in [7, 11) is 1.66. The molecule has 0 radical (unpaired) electrons. The lowest BCUT2D eigenvalue weighted by molar-refractivity contribution is -0.119. The first kappa shape index (κ1) is 10.3. The van der Waals surface area contributed by atoms with Gasteiger partial charge in [-0.1, -0.05) is 11.6 Å². The van der Waals surface area contributed by atoms with Gasteiger partial charge in [-0.05, 0) is 18.2 Å². The van der Waals surface area contributed by atoms with Gasteiger partial charge in [0.1, 0.15) is 18.4 Å². The molecule has 2 N–H and O–H groups in total. The largest absolute Gasteiger partial charge is 0.489 e. The van der Waals surface area contributed by atoms with Crippen LogP contribution < -0.4 is 15.4 Å². The summed E-state index contributed by atoms with van der Waals surface area (Å²) in [6.07, 6.45) is 0. The lowest BCUT2D eigenvalue weighted by Gasteiger charge is -2.17. The fourth-order valence-corrected chi connectivity index (χ4v) is 1.66. The second-order valence-corrected chi connectivity index (χ2v) is 3.86. The second kappa shape index (κ2) is 3.72. The smallest absolute Gasteiger partial charge is 0.247 e. The minimum Gasteiger partial charge on any atom is -0.489 e. The van der Waals surface area contributed by atoms with Crippen LogP contribution in [0.3, 0.4) is 0 Å². The number of rotatable bonds is 0. The maximum absolute atomic E-state index is 11.7. The number of anilines is 1. The fourth-order valence-electron chi connectivity index (χ4n) is 1.49. The lowest BCUT2D eigenvalue weighted by atomic mass is 10.2. The van der Waals surface area contributed by atoms with Crippen LogP contribution in [-0.2, 0) is 4.79 Å². The van der Waals surface area contributed by atoms with Crippen molar-refractivity contribution >= 4 is 23.2 Å². The molecule has 0 aromatic heterocycles. The number of carbonyl (C=O) groups is 1. The summed E-state index contributed by atoms with van der Waals surface area (Å²) >= 11 is 5.85. The number of hydrogen-bond donors (Lipinski definition) is 1. The third-order valence-electron chi connectivity index (χ3n) is 2.35. The molecular weight excluding hydrogens is 216 g/mol. The van der Waals surface area contributed by atoms with Crippen LogP contribution in [0.4, 0.5) is 5.69 Å². The molecule has 1 atom stereocenters. The number of nitrogens with zero attached hydrogens (tertiary/aromatic N) is 1. The highest BCUT2D eigenvalue weighted by Gasteiger charge is 2.26. The van der Waals surface area contributed by atoms with Crippen molar-refractivity contribution in [1.29, 1.82) is 0 Å². The van der Waals surface area contributed by atoms with E-state index < -0.39 is 6.04 Å². The molecule has 0 fully saturated rings. The van der Waals surface area contributed by atoms with Crippen molar-refractivity contribution < 1.29 is 9.53 Å². The SMILES string of the molecule is CN1C(=O)C(N)COc2ccc(Cl)cc21. The Morgan fingerprint density at radius 1 is 1.60 bits per heavy atom. The second-order valence-electron chi connectivity index (χ2n) is 3.43. The molecule has 5 heteroatoms. The summed E-state index contributed by atoms with van der Waals surface area (Å²) in [6.45, 7) is 0.192. The first-order valence-electron chi connectivity index (χ1n) is 4.55. The summed E-state index contributed by atoms with van der Waals surface area (Å²) in [6, 6.07) is 4.52. The van der Waals surface area contributed by atoms with E-state index in [0.717, 1.165) is 0 Å². The molecule has 1 aliphatic heterocycles. The van der Waals surface area contributed by atoms with Crippen molar-refractivity contribution in [3.63, 3.8) is 0 Å². The van der Waals surface area contributed by atoms with Gasteiger partial charge >= 0.3 is 0 Å². The van der Waals surface area contributed by atoms with E-state index in [0.29, 0.717) is 16.5 Å². The van der Waals surface area contributed by atoms with Crippen LogP contribution in [0.25, 0.3) is 0 Å². The van der Waals surface area contributed by atoms with E-state index in [1.165, 1.54) is 4.90 Å². The Morgan fingerprint density at radius 2 is 2.33 bits per heavy atom. The van der Waals surface area contributed by atoms with E-state index in [9.17, 15) is 4.79 Å². The van der Waals surface area contributed by atoms with Crippen molar-refractivity contribution in [3.8, 4) is 5.75 Å². The minimum absolute atomic E-state index is 0.170. The average Bonchev–Trinajstić information content (AvgIpc) is 2.32. The molecule has 1 amide bonds. The predicted molar refractivity (Wildman–Crippen MR) is 58.3 cm³/mol. The molecule has 4 nitrogen and oxygen atoms in total. The van der Waals surface area contributed by atoms with Crippen LogP contribution in [0.15, 0.2) is 18.2 Å². The standard InChI is InChI=1S/C10H11ClN2O2/c1-13-8-4-6(11)2-3-9(8)15-5-7(12)10(13)14/h2-4,7H,5,12H2,1H3. The number of amides is 1. The molecule has 1 unspecified atom stereocenters. The van der Waals surface area contributed by atoms with Crippen LogP contribution in [0, 0.1) is 0 Å². The molecule has 1 aromatic carbocycles. The molecule has 0 bridgehead atoms. The van der Waals surface area contributed by atoms with Gasteiger partial charge in [0.2, 0.25) is 5.91 Å². The highest BCUT2D eigenvalue weighted by atomic mass is 35.5. The van der Waals surface area contributed by atoms with E-state index in [2.05, 4.69) is 0 Å². The van der Waals surface area contributed by atoms with E-state index in [1.807, 2.05) is 0 Å². The third kappa shape index (κ3) is 1.78. The summed E-state index contributed by atoms with van der Waals surface area (Å²) in [5.74, 6) is 0.458. The van der Waals surface area contributed by atoms with E-state index >= 15 is 0 Å². The Bertz CT molecular complexity index is 408. The van der Waals surface area contributed by atoms with Crippen molar-refractivity contribution in [1.82, 2.24) is 0 Å². The molecule has 80 valence electrons. The molecule has 1 aliphatic rings. The van der Waals surface area contributed by atoms with Crippen molar-refractivity contribution in [2.45, 2.75) is 6.04 Å². The van der Waals surface area contributed by atoms with E-state index in [4.69, 9.17) is 22.1 Å². The number of ether oxygens (including phenoxy) is 1. The van der Waals surface area contributed by atoms with Crippen molar-refractivity contribution in [3.05, 3.63) is 23.2 Å². The number of nitrogens with two attached hydrogens (primary N) is 1. The molecule has 0 aliphatic carbocycles. The summed E-state index contributed by atoms with van der Waals surface area (Å²) < 4.78 is 5.41. The molecule has 0 saturated heterocycles. The average molecular weight is 227 g/mol. The third-order valence-corrected chi connectivity index (χ3v) is 2.58. The minimum atomic E-state index is -0.624. The quantitative estimate of drug-likeness (QED) is 0.719. The Labute approximate surface area is 92.6 Å². The Hall–Kier alpha value is -1.26. The first-order valence-corrected chi connectivity index (χ1v) is 4.93. The normalized spacial score (nSPS) is 20.6. The Kier molecular flexibility index (Phi) is 2.54. The zero-order chi connectivity index (χ0) is 11.0. The fraction of sp³-hybridized carbons (Fsp3) is 0.300. The van der Waals surface area contributed by atoms with Gasteiger partial charge in [-0.2, -0.15) is 0 Å². The van der Waals surface area contributed by atoms with Crippen LogP contribution in [0.2, 0.25) is 5.02 Å². The number of fused-ring (bicyclic) bond motifs is 1. The highest BCUT2D eigenvalue weighted by molar-refractivity contribution is 6.31. The van der Waals surface area contributed by atoms with Crippen molar-refractivity contribution in [2.24, 2.45) is 5.73 Å². The molecule has 2 rings (SSSR count). The first-order chi connectivity index (χ1) is 7.09. The number of benzene rings is 1. The summed E-state index contributed by atoms with van der Waals surface area (Å²) in [5.41, 5.74) is 6.29. The van der Waals surface area contributed by atoms with Crippen molar-refractivity contribution in [2.75, 3.05) is 18.6 Å². The molecule has 15 heavy (non-hydrogen) atoms. The maximum Gasteiger partial charge on any atom is 0.247 e. The van der Waals surface area contributed by atoms with Gasteiger partial charge in [-0.15, -0.1) is 0 Å². The van der Waals surface area contributed by atoms with E-state index in [1.54, 1.807) is 25.2 Å². The highest BCUT2D eigenvalue weighted by Crippen LogP contribution is 2.32. The summed E-state index contributed by atoms with van der Waals surface area (Å²) in [5, 5.41) is 0.562. The van der Waals surface area contributed by atoms with Gasteiger partial charge in [0.15, 0.2) is 0 Å². The van der Waals surface area contributed by atoms with Gasteiger partial charge in [0, 0.05) is 12.1 Å². The van der Waals surface area contributed by atoms with Gasteiger partial charge in [-0.25, -0.2) is 0 Å². The zero-order valence-corrected chi connectivity index (χ0v) is 8.99. The lowest BCUT2D eigenvalue weighted by Crippen LogP contribution is -2.43. The van der Waals surface area contributed by atoms with Crippen LogP contribution in [0.5, 0.6) is 5.75 Å². The molecule has 0 spiro atoms. The van der Waals surface area contributed by atoms with Crippen LogP contribution in [0.1, 0.15) is 0 Å². The topological polar surface area (TPSA) is 55.6 Å².